The van der Waals surface area contributed by atoms with Crippen molar-refractivity contribution in [3.63, 3.8) is 0 Å². The van der Waals surface area contributed by atoms with Gasteiger partial charge in [-0.05, 0) is 49.1 Å². The number of nitrogens with zero attached hydrogens (tertiary/aromatic N) is 2. The molecule has 0 amide bonds. The monoisotopic (exact) mass is 280 g/mol. The molecule has 0 aliphatic rings. The summed E-state index contributed by atoms with van der Waals surface area (Å²) in [6.45, 7) is -5.14. The highest BCUT2D eigenvalue weighted by molar-refractivity contribution is 6.08. The van der Waals surface area contributed by atoms with Crippen molar-refractivity contribution in [2.45, 2.75) is 13.7 Å². The number of aromatic nitrogens is 2. The number of fused-ring (bicyclic) bond motifs is 3. The van der Waals surface area contributed by atoms with E-state index in [4.69, 9.17) is 12.6 Å². The Labute approximate surface area is 130 Å². The zero-order valence-electron chi connectivity index (χ0n) is 16.9. The van der Waals surface area contributed by atoms with Crippen molar-refractivity contribution in [1.82, 2.24) is 9.97 Å². The van der Waals surface area contributed by atoms with Crippen molar-refractivity contribution in [3.8, 4) is 11.3 Å². The van der Waals surface area contributed by atoms with E-state index in [1.807, 2.05) is 18.2 Å². The maximum Gasteiger partial charge on any atom is 0.227 e. The Hall–Kier alpha value is -2.68. The molecule has 0 aliphatic carbocycles. The van der Waals surface area contributed by atoms with Crippen LogP contribution >= 0.6 is 0 Å². The lowest BCUT2D eigenvalue weighted by molar-refractivity contribution is 0.655. The van der Waals surface area contributed by atoms with E-state index in [2.05, 4.69) is 9.97 Å². The second kappa shape index (κ2) is 4.42. The van der Waals surface area contributed by atoms with Gasteiger partial charge in [0.2, 0.25) is 5.71 Å². The van der Waals surface area contributed by atoms with E-state index >= 15 is 0 Å². The van der Waals surface area contributed by atoms with Crippen molar-refractivity contribution in [2.75, 3.05) is 0 Å². The summed E-state index contributed by atoms with van der Waals surface area (Å²) >= 11 is 0. The molecule has 0 spiro atoms. The highest BCUT2D eigenvalue weighted by atomic mass is 16.3. The normalized spacial score (nSPS) is 16.8. The van der Waals surface area contributed by atoms with Gasteiger partial charge < -0.3 is 4.42 Å². The Balaban J connectivity index is 1.99. The Kier molecular flexibility index (Phi) is 1.55. The summed E-state index contributed by atoms with van der Waals surface area (Å²) in [6, 6.07) is 10.5. The first-order valence-electron chi connectivity index (χ1n) is 9.44. The quantitative estimate of drug-likeness (QED) is 0.509. The molecule has 21 heavy (non-hydrogen) atoms. The molecule has 1 aromatic carbocycles. The average molecular weight is 280 g/mol. The van der Waals surface area contributed by atoms with E-state index in [1.54, 1.807) is 18.3 Å². The number of aryl methyl sites for hydroxylation is 2. The number of pyridine rings is 2. The zero-order chi connectivity index (χ0) is 19.4. The summed E-state index contributed by atoms with van der Waals surface area (Å²) in [4.78, 5) is 8.42. The molecule has 0 aliphatic heterocycles. The number of rotatable bonds is 1. The van der Waals surface area contributed by atoms with Crippen LogP contribution in [0, 0.1) is 13.7 Å². The van der Waals surface area contributed by atoms with Crippen LogP contribution in [-0.4, -0.2) is 9.97 Å². The number of para-hydroxylation sites is 1. The van der Waals surface area contributed by atoms with Crippen molar-refractivity contribution in [3.05, 3.63) is 59.9 Å². The molecule has 0 bridgehead atoms. The summed E-state index contributed by atoms with van der Waals surface area (Å²) in [5.74, 6) is 0. The molecule has 3 nitrogen and oxygen atoms in total. The number of hydrogen-bond donors (Lipinski definition) is 0. The van der Waals surface area contributed by atoms with E-state index in [0.717, 1.165) is 17.0 Å². The third-order valence-electron chi connectivity index (χ3n) is 3.46. The van der Waals surface area contributed by atoms with Crippen LogP contribution in [0.15, 0.2) is 53.2 Å². The SMILES string of the molecule is [2H]C([2H])([2H])c1cnc(-c2cccc3c2oc2ncccc23)cc1C([2H])([2H])[2H]. The molecule has 3 heteroatoms. The molecule has 0 saturated carbocycles. The first-order valence-corrected chi connectivity index (χ1v) is 6.44. The summed E-state index contributed by atoms with van der Waals surface area (Å²) in [5.41, 5.74) is 1.39. The van der Waals surface area contributed by atoms with Gasteiger partial charge in [-0.3, -0.25) is 4.98 Å². The van der Waals surface area contributed by atoms with Crippen LogP contribution in [0.25, 0.3) is 33.3 Å². The Morgan fingerprint density at radius 1 is 1.00 bits per heavy atom. The Bertz CT molecular complexity index is 1160. The summed E-state index contributed by atoms with van der Waals surface area (Å²) in [6.07, 6.45) is 2.74. The van der Waals surface area contributed by atoms with Crippen LogP contribution in [0.4, 0.5) is 0 Å². The van der Waals surface area contributed by atoms with Gasteiger partial charge in [0, 0.05) is 37.0 Å². The number of hydrogen-bond acceptors (Lipinski definition) is 3. The molecule has 0 unspecified atom stereocenters. The smallest absolute Gasteiger partial charge is 0.227 e. The lowest BCUT2D eigenvalue weighted by Crippen LogP contribution is -1.88. The summed E-state index contributed by atoms with van der Waals surface area (Å²) < 4.78 is 51.8. The van der Waals surface area contributed by atoms with Gasteiger partial charge in [0.15, 0.2) is 0 Å². The molecule has 102 valence electrons. The first-order chi connectivity index (χ1) is 12.7. The van der Waals surface area contributed by atoms with Gasteiger partial charge in [-0.2, -0.15) is 0 Å². The zero-order valence-corrected chi connectivity index (χ0v) is 10.9. The van der Waals surface area contributed by atoms with Gasteiger partial charge in [0.05, 0.1) is 5.69 Å². The number of benzene rings is 1. The third kappa shape index (κ3) is 1.82. The Morgan fingerprint density at radius 2 is 1.90 bits per heavy atom. The van der Waals surface area contributed by atoms with Crippen LogP contribution in [-0.2, 0) is 0 Å². The van der Waals surface area contributed by atoms with Crippen molar-refractivity contribution in [1.29, 1.82) is 0 Å². The molecule has 3 heterocycles. The maximum atomic E-state index is 7.73. The largest absolute Gasteiger partial charge is 0.437 e. The summed E-state index contributed by atoms with van der Waals surface area (Å²) in [5, 5.41) is 1.66. The third-order valence-corrected chi connectivity index (χ3v) is 3.46. The van der Waals surface area contributed by atoms with Crippen molar-refractivity contribution < 1.29 is 12.6 Å². The van der Waals surface area contributed by atoms with Gasteiger partial charge in [0.25, 0.3) is 0 Å². The van der Waals surface area contributed by atoms with E-state index in [-0.39, 0.29) is 11.1 Å². The minimum absolute atomic E-state index is 0.237. The molecule has 0 N–H and O–H groups in total. The molecule has 0 fully saturated rings. The minimum Gasteiger partial charge on any atom is -0.437 e. The van der Waals surface area contributed by atoms with Crippen molar-refractivity contribution >= 4 is 22.1 Å². The van der Waals surface area contributed by atoms with E-state index in [1.165, 1.54) is 6.07 Å². The molecular weight excluding hydrogens is 260 g/mol. The lowest BCUT2D eigenvalue weighted by Gasteiger charge is -2.05. The van der Waals surface area contributed by atoms with E-state index < -0.39 is 13.7 Å². The second-order valence-corrected chi connectivity index (χ2v) is 4.76. The molecule has 0 radical (unpaired) electrons. The van der Waals surface area contributed by atoms with Crippen LogP contribution in [0.2, 0.25) is 0 Å². The van der Waals surface area contributed by atoms with Gasteiger partial charge >= 0.3 is 0 Å². The minimum atomic E-state index is -2.58. The van der Waals surface area contributed by atoms with E-state index in [9.17, 15) is 0 Å². The first kappa shape index (κ1) is 7.36. The maximum absolute atomic E-state index is 7.73. The second-order valence-electron chi connectivity index (χ2n) is 4.76. The highest BCUT2D eigenvalue weighted by Crippen LogP contribution is 2.34. The van der Waals surface area contributed by atoms with Gasteiger partial charge in [-0.25, -0.2) is 4.98 Å². The topological polar surface area (TPSA) is 38.9 Å². The molecule has 0 saturated heterocycles. The molecule has 0 atom stereocenters. The van der Waals surface area contributed by atoms with Crippen LogP contribution in [0.5, 0.6) is 0 Å². The molecule has 4 rings (SSSR count). The fourth-order valence-corrected chi connectivity index (χ4v) is 2.44. The van der Waals surface area contributed by atoms with Gasteiger partial charge in [0.1, 0.15) is 5.58 Å². The van der Waals surface area contributed by atoms with Crippen LogP contribution in [0.1, 0.15) is 19.4 Å². The molecule has 3 aromatic heterocycles. The fourth-order valence-electron chi connectivity index (χ4n) is 2.44. The van der Waals surface area contributed by atoms with Crippen LogP contribution in [0.3, 0.4) is 0 Å². The fraction of sp³-hybridized carbons (Fsp3) is 0.111. The lowest BCUT2D eigenvalue weighted by atomic mass is 10.0. The summed E-state index contributed by atoms with van der Waals surface area (Å²) in [7, 11) is 0. The predicted octanol–water partition coefficient (Wildman–Crippen LogP) is 4.66. The van der Waals surface area contributed by atoms with E-state index in [0.29, 0.717) is 22.6 Å². The number of furan rings is 1. The average Bonchev–Trinajstić information content (AvgIpc) is 2.98. The van der Waals surface area contributed by atoms with Gasteiger partial charge in [-0.15, -0.1) is 0 Å². The van der Waals surface area contributed by atoms with Crippen LogP contribution < -0.4 is 0 Å². The highest BCUT2D eigenvalue weighted by Gasteiger charge is 2.13. The van der Waals surface area contributed by atoms with Gasteiger partial charge in [-0.1, -0.05) is 12.1 Å². The predicted molar refractivity (Wildman–Crippen MR) is 84.2 cm³/mol. The Morgan fingerprint density at radius 3 is 2.81 bits per heavy atom. The standard InChI is InChI=1S/C18H14N2O/c1-11-9-16(20-10-12(11)2)15-6-3-5-13-14-7-4-8-19-18(14)21-17(13)15/h3-10H,1-2H3/i1D3,2D3. The van der Waals surface area contributed by atoms with Crippen molar-refractivity contribution in [2.24, 2.45) is 0 Å². The molecular formula is C18H14N2O. The molecule has 4 aromatic rings.